The molecule has 0 amide bonds. The summed E-state index contributed by atoms with van der Waals surface area (Å²) in [5.74, 6) is 0. The normalized spacial score (nSPS) is 12.4. The zero-order valence-electron chi connectivity index (χ0n) is 12.5. The fourth-order valence-electron chi connectivity index (χ4n) is 2.71. The number of hydrogen-bond donors (Lipinski definition) is 1. The lowest BCUT2D eigenvalue weighted by molar-refractivity contribution is 0.549. The molecule has 0 fully saturated rings. The van der Waals surface area contributed by atoms with E-state index in [4.69, 9.17) is 5.73 Å². The number of nitrogen functional groups attached to an aromatic ring is 1. The molecule has 1 heterocycles. The molecule has 0 bridgehead atoms. The van der Waals surface area contributed by atoms with Crippen molar-refractivity contribution in [1.82, 2.24) is 4.98 Å². The molecule has 0 aliphatic heterocycles. The lowest BCUT2D eigenvalue weighted by Crippen LogP contribution is -2.35. The summed E-state index contributed by atoms with van der Waals surface area (Å²) in [4.78, 5) is 6.47. The van der Waals surface area contributed by atoms with Gasteiger partial charge < -0.3 is 10.6 Å². The van der Waals surface area contributed by atoms with Crippen molar-refractivity contribution in [2.45, 2.75) is 39.3 Å². The number of nitrogens with zero attached hydrogens (tertiary/aromatic N) is 2. The van der Waals surface area contributed by atoms with Gasteiger partial charge in [0.1, 0.15) is 0 Å². The molecule has 0 saturated carbocycles. The number of hydrogen-bond acceptors (Lipinski definition) is 3. The van der Waals surface area contributed by atoms with Gasteiger partial charge in [-0.25, -0.2) is 0 Å². The van der Waals surface area contributed by atoms with Crippen LogP contribution in [0.4, 0.5) is 11.4 Å². The largest absolute Gasteiger partial charge is 0.396 e. The van der Waals surface area contributed by atoms with E-state index in [0.29, 0.717) is 12.1 Å². The Bertz CT molecular complexity index is 537. The van der Waals surface area contributed by atoms with Crippen LogP contribution in [-0.4, -0.2) is 11.0 Å². The minimum atomic E-state index is 0.320. The van der Waals surface area contributed by atoms with E-state index >= 15 is 0 Å². The Morgan fingerprint density at radius 3 is 2.40 bits per heavy atom. The van der Waals surface area contributed by atoms with Crippen LogP contribution in [0.15, 0.2) is 48.8 Å². The molecule has 2 N–H and O–H groups in total. The van der Waals surface area contributed by atoms with Crippen LogP contribution in [-0.2, 0) is 0 Å². The topological polar surface area (TPSA) is 42.2 Å². The van der Waals surface area contributed by atoms with Crippen LogP contribution < -0.4 is 10.6 Å². The van der Waals surface area contributed by atoms with E-state index in [1.54, 1.807) is 12.4 Å². The summed E-state index contributed by atoms with van der Waals surface area (Å²) in [6.45, 7) is 6.61. The predicted octanol–water partition coefficient (Wildman–Crippen LogP) is 4.03. The highest BCUT2D eigenvalue weighted by atomic mass is 15.2. The highest BCUT2D eigenvalue weighted by molar-refractivity contribution is 5.67. The summed E-state index contributed by atoms with van der Waals surface area (Å²) in [5, 5.41) is 0. The lowest BCUT2D eigenvalue weighted by atomic mass is 10.0. The van der Waals surface area contributed by atoms with E-state index in [2.05, 4.69) is 61.0 Å². The molecular weight excluding hydrogens is 246 g/mol. The van der Waals surface area contributed by atoms with Crippen LogP contribution in [0, 0.1) is 0 Å². The maximum Gasteiger partial charge on any atom is 0.0738 e. The number of anilines is 2. The molecule has 1 aromatic heterocycles. The SMILES string of the molecule is CCC(c1ccccc1)N(c1ccncc1N)C(C)C. The fourth-order valence-corrected chi connectivity index (χ4v) is 2.71. The first-order valence-corrected chi connectivity index (χ1v) is 7.18. The fraction of sp³-hybridized carbons (Fsp3) is 0.353. The van der Waals surface area contributed by atoms with E-state index < -0.39 is 0 Å². The number of aromatic nitrogens is 1. The Labute approximate surface area is 121 Å². The second-order valence-corrected chi connectivity index (χ2v) is 5.27. The first-order valence-electron chi connectivity index (χ1n) is 7.18. The Morgan fingerprint density at radius 2 is 1.85 bits per heavy atom. The van der Waals surface area contributed by atoms with Crippen molar-refractivity contribution in [2.75, 3.05) is 10.6 Å². The van der Waals surface area contributed by atoms with Crippen molar-refractivity contribution >= 4 is 11.4 Å². The van der Waals surface area contributed by atoms with Gasteiger partial charge in [-0.1, -0.05) is 37.3 Å². The molecule has 106 valence electrons. The van der Waals surface area contributed by atoms with Gasteiger partial charge in [0.05, 0.1) is 23.6 Å². The van der Waals surface area contributed by atoms with E-state index in [1.807, 2.05) is 6.07 Å². The van der Waals surface area contributed by atoms with E-state index in [1.165, 1.54) is 5.56 Å². The molecule has 0 saturated heterocycles. The van der Waals surface area contributed by atoms with Crippen molar-refractivity contribution in [3.8, 4) is 0 Å². The quantitative estimate of drug-likeness (QED) is 0.891. The molecule has 1 atom stereocenters. The predicted molar refractivity (Wildman–Crippen MR) is 85.7 cm³/mol. The average molecular weight is 269 g/mol. The molecule has 2 rings (SSSR count). The van der Waals surface area contributed by atoms with Gasteiger partial charge in [-0.15, -0.1) is 0 Å². The van der Waals surface area contributed by atoms with Crippen molar-refractivity contribution < 1.29 is 0 Å². The van der Waals surface area contributed by atoms with Gasteiger partial charge in [-0.3, -0.25) is 4.98 Å². The van der Waals surface area contributed by atoms with E-state index in [-0.39, 0.29) is 0 Å². The van der Waals surface area contributed by atoms with Gasteiger partial charge >= 0.3 is 0 Å². The first-order chi connectivity index (χ1) is 9.65. The third-order valence-electron chi connectivity index (χ3n) is 3.57. The summed E-state index contributed by atoms with van der Waals surface area (Å²) in [6, 6.07) is 13.3. The Balaban J connectivity index is 2.45. The number of rotatable bonds is 5. The number of pyridine rings is 1. The van der Waals surface area contributed by atoms with Crippen LogP contribution in [0.25, 0.3) is 0 Å². The molecule has 20 heavy (non-hydrogen) atoms. The molecule has 0 radical (unpaired) electrons. The van der Waals surface area contributed by atoms with Gasteiger partial charge in [0.25, 0.3) is 0 Å². The summed E-state index contributed by atoms with van der Waals surface area (Å²) in [6.07, 6.45) is 4.56. The monoisotopic (exact) mass is 269 g/mol. The highest BCUT2D eigenvalue weighted by Gasteiger charge is 2.23. The summed E-state index contributed by atoms with van der Waals surface area (Å²) in [7, 11) is 0. The number of benzene rings is 1. The maximum atomic E-state index is 6.13. The van der Waals surface area contributed by atoms with Gasteiger partial charge in [0, 0.05) is 12.2 Å². The minimum absolute atomic E-state index is 0.320. The summed E-state index contributed by atoms with van der Waals surface area (Å²) in [5.41, 5.74) is 9.24. The standard InChI is InChI=1S/C17H23N3/c1-4-16(14-8-6-5-7-9-14)20(13(2)3)17-10-11-19-12-15(17)18/h5-13,16H,4,18H2,1-3H3. The third kappa shape index (κ3) is 2.93. The minimum Gasteiger partial charge on any atom is -0.396 e. The van der Waals surface area contributed by atoms with E-state index in [0.717, 1.165) is 17.8 Å². The molecule has 0 spiro atoms. The van der Waals surface area contributed by atoms with Crippen molar-refractivity contribution in [2.24, 2.45) is 0 Å². The van der Waals surface area contributed by atoms with Crippen LogP contribution in [0.3, 0.4) is 0 Å². The van der Waals surface area contributed by atoms with Gasteiger partial charge in [-0.05, 0) is 31.9 Å². The molecule has 3 heteroatoms. The Kier molecular flexibility index (Phi) is 4.61. The molecule has 0 aliphatic rings. The van der Waals surface area contributed by atoms with Crippen LogP contribution in [0.5, 0.6) is 0 Å². The smallest absolute Gasteiger partial charge is 0.0738 e. The second kappa shape index (κ2) is 6.42. The Morgan fingerprint density at radius 1 is 1.15 bits per heavy atom. The van der Waals surface area contributed by atoms with Crippen molar-refractivity contribution in [1.29, 1.82) is 0 Å². The van der Waals surface area contributed by atoms with Gasteiger partial charge in [0.15, 0.2) is 0 Å². The summed E-state index contributed by atoms with van der Waals surface area (Å²) < 4.78 is 0. The molecular formula is C17H23N3. The molecule has 1 aromatic carbocycles. The molecule has 3 nitrogen and oxygen atoms in total. The van der Waals surface area contributed by atoms with Crippen molar-refractivity contribution in [3.05, 3.63) is 54.4 Å². The first kappa shape index (κ1) is 14.4. The van der Waals surface area contributed by atoms with Crippen molar-refractivity contribution in [3.63, 3.8) is 0 Å². The number of nitrogens with two attached hydrogens (primary N) is 1. The Hall–Kier alpha value is -2.03. The summed E-state index contributed by atoms with van der Waals surface area (Å²) >= 11 is 0. The maximum absolute atomic E-state index is 6.13. The third-order valence-corrected chi connectivity index (χ3v) is 3.57. The van der Waals surface area contributed by atoms with Crippen LogP contribution in [0.2, 0.25) is 0 Å². The zero-order chi connectivity index (χ0) is 14.5. The molecule has 2 aromatic rings. The van der Waals surface area contributed by atoms with Crippen LogP contribution in [0.1, 0.15) is 38.8 Å². The highest BCUT2D eigenvalue weighted by Crippen LogP contribution is 2.34. The molecule has 1 unspecified atom stereocenters. The lowest BCUT2D eigenvalue weighted by Gasteiger charge is -2.37. The molecule has 0 aliphatic carbocycles. The van der Waals surface area contributed by atoms with Gasteiger partial charge in [-0.2, -0.15) is 0 Å². The van der Waals surface area contributed by atoms with Crippen LogP contribution >= 0.6 is 0 Å². The van der Waals surface area contributed by atoms with Gasteiger partial charge in [0.2, 0.25) is 0 Å². The second-order valence-electron chi connectivity index (χ2n) is 5.27. The van der Waals surface area contributed by atoms with E-state index in [9.17, 15) is 0 Å². The zero-order valence-corrected chi connectivity index (χ0v) is 12.5. The average Bonchev–Trinajstić information content (AvgIpc) is 2.46.